The van der Waals surface area contributed by atoms with Crippen molar-refractivity contribution in [1.29, 1.82) is 0 Å². The van der Waals surface area contributed by atoms with Gasteiger partial charge in [0.25, 0.3) is 0 Å². The largest absolute Gasteiger partial charge is 0.573 e. The van der Waals surface area contributed by atoms with E-state index in [-0.39, 0.29) is 27.4 Å². The molecule has 3 aromatic rings. The number of alkyl halides is 3. The molecule has 1 atom stereocenters. The molecular weight excluding hydrogens is 464 g/mol. The van der Waals surface area contributed by atoms with Crippen molar-refractivity contribution in [2.75, 3.05) is 11.6 Å². The number of halogens is 5. The Balaban J connectivity index is 2.00. The second-order valence-corrected chi connectivity index (χ2v) is 8.84. The number of aromatic amines is 1. The lowest BCUT2D eigenvalue weighted by molar-refractivity contribution is -0.274. The van der Waals surface area contributed by atoms with Crippen molar-refractivity contribution in [3.63, 3.8) is 0 Å². The molecule has 1 unspecified atom stereocenters. The maximum atomic E-state index is 13.6. The monoisotopic (exact) mass is 478 g/mol. The molecule has 2 heterocycles. The minimum absolute atomic E-state index is 0.120. The summed E-state index contributed by atoms with van der Waals surface area (Å²) in [4.78, 5) is 10.9. The Morgan fingerprint density at radius 2 is 1.94 bits per heavy atom. The van der Waals surface area contributed by atoms with E-state index in [1.54, 1.807) is 0 Å². The number of hydrogen-bond acceptors (Lipinski definition) is 6. The number of nitrogens with one attached hydrogen (secondary N) is 2. The van der Waals surface area contributed by atoms with Gasteiger partial charge in [-0.25, -0.2) is 22.8 Å². The second kappa shape index (κ2) is 8.35. The van der Waals surface area contributed by atoms with Crippen LogP contribution in [0.4, 0.5) is 23.4 Å². The highest BCUT2D eigenvalue weighted by molar-refractivity contribution is 7.90. The summed E-state index contributed by atoms with van der Waals surface area (Å²) in [6.45, 7) is 1.52. The summed E-state index contributed by atoms with van der Waals surface area (Å²) in [5.41, 5.74) is 0.678. The molecule has 0 bridgehead atoms. The van der Waals surface area contributed by atoms with Crippen LogP contribution in [0.1, 0.15) is 23.1 Å². The van der Waals surface area contributed by atoms with Crippen LogP contribution in [0.3, 0.4) is 0 Å². The molecule has 0 amide bonds. The van der Waals surface area contributed by atoms with Crippen molar-refractivity contribution in [3.8, 4) is 5.75 Å². The lowest BCUT2D eigenvalue weighted by atomic mass is 10.1. The van der Waals surface area contributed by atoms with E-state index in [1.165, 1.54) is 25.1 Å². The Bertz CT molecular complexity index is 1200. The Morgan fingerprint density at radius 1 is 1.23 bits per heavy atom. The molecule has 0 saturated carbocycles. The van der Waals surface area contributed by atoms with Gasteiger partial charge in [0.1, 0.15) is 29.3 Å². The van der Waals surface area contributed by atoms with Crippen molar-refractivity contribution in [2.45, 2.75) is 24.4 Å². The molecule has 0 aliphatic rings. The smallest absolute Gasteiger partial charge is 0.404 e. The number of benzene rings is 1. The van der Waals surface area contributed by atoms with Crippen LogP contribution in [0.15, 0.2) is 41.6 Å². The number of anilines is 1. The van der Waals surface area contributed by atoms with E-state index < -0.39 is 33.8 Å². The first-order valence-corrected chi connectivity index (χ1v) is 10.8. The Hall–Kier alpha value is -2.86. The maximum absolute atomic E-state index is 13.6. The van der Waals surface area contributed by atoms with E-state index in [4.69, 9.17) is 11.6 Å². The molecule has 3 rings (SSSR count). The van der Waals surface area contributed by atoms with Crippen LogP contribution in [0, 0.1) is 12.7 Å². The highest BCUT2D eigenvalue weighted by atomic mass is 35.5. The zero-order valence-electron chi connectivity index (χ0n) is 16.0. The Labute approximate surface area is 179 Å². The Kier molecular flexibility index (Phi) is 6.14. The molecule has 0 saturated heterocycles. The number of aromatic nitrogens is 3. The summed E-state index contributed by atoms with van der Waals surface area (Å²) in [5.74, 6) is -0.913. The van der Waals surface area contributed by atoms with Gasteiger partial charge in [-0.1, -0.05) is 17.7 Å². The number of rotatable bonds is 6. The van der Waals surface area contributed by atoms with Gasteiger partial charge >= 0.3 is 6.36 Å². The standard InChI is InChI=1S/C18H15ClF4N4O3S/c1-9-17(31(2,28)29)27-16(25-9)15(10-3-5-13(20)12(19)7-10)26-14-6-4-11(8-24-14)30-18(21,22)23/h3-8,15H,1-2H3,(H,24,26)(H,25,27). The summed E-state index contributed by atoms with van der Waals surface area (Å²) in [7, 11) is -3.63. The Morgan fingerprint density at radius 3 is 2.45 bits per heavy atom. The predicted molar refractivity (Wildman–Crippen MR) is 104 cm³/mol. The molecule has 0 aliphatic carbocycles. The molecule has 7 nitrogen and oxygen atoms in total. The van der Waals surface area contributed by atoms with Gasteiger partial charge in [0.15, 0.2) is 14.9 Å². The number of H-pyrrole nitrogens is 1. The lowest BCUT2D eigenvalue weighted by Crippen LogP contribution is -2.18. The fourth-order valence-electron chi connectivity index (χ4n) is 2.77. The molecule has 13 heteroatoms. The number of aryl methyl sites for hydroxylation is 1. The summed E-state index contributed by atoms with van der Waals surface area (Å²) >= 11 is 5.87. The fourth-order valence-corrected chi connectivity index (χ4v) is 3.83. The fraction of sp³-hybridized carbons (Fsp3) is 0.222. The SMILES string of the molecule is Cc1[nH]c(C(Nc2ccc(OC(F)(F)F)cn2)c2ccc(F)c(Cl)c2)nc1S(C)(=O)=O. The van der Waals surface area contributed by atoms with Crippen LogP contribution in [0.5, 0.6) is 5.75 Å². The van der Waals surface area contributed by atoms with E-state index >= 15 is 0 Å². The molecule has 0 aliphatic heterocycles. The van der Waals surface area contributed by atoms with Gasteiger partial charge in [-0.15, -0.1) is 13.2 Å². The lowest BCUT2D eigenvalue weighted by Gasteiger charge is -2.18. The van der Waals surface area contributed by atoms with Crippen LogP contribution in [-0.4, -0.2) is 36.0 Å². The highest BCUT2D eigenvalue weighted by Gasteiger charge is 2.31. The molecule has 0 radical (unpaired) electrons. The average molecular weight is 479 g/mol. The van der Waals surface area contributed by atoms with E-state index in [1.807, 2.05) is 0 Å². The minimum atomic E-state index is -4.86. The van der Waals surface area contributed by atoms with Crippen LogP contribution >= 0.6 is 11.6 Å². The first kappa shape index (κ1) is 22.8. The van der Waals surface area contributed by atoms with Gasteiger partial charge in [0, 0.05) is 6.26 Å². The van der Waals surface area contributed by atoms with Crippen LogP contribution < -0.4 is 10.1 Å². The number of hydrogen-bond donors (Lipinski definition) is 2. The summed E-state index contributed by atoms with van der Waals surface area (Å²) in [5, 5.41) is 2.56. The van der Waals surface area contributed by atoms with E-state index in [0.717, 1.165) is 24.6 Å². The number of ether oxygens (including phenoxy) is 1. The minimum Gasteiger partial charge on any atom is -0.404 e. The quantitative estimate of drug-likeness (QED) is 0.509. The van der Waals surface area contributed by atoms with Crippen molar-refractivity contribution in [2.24, 2.45) is 0 Å². The molecule has 1 aromatic carbocycles. The molecule has 31 heavy (non-hydrogen) atoms. The summed E-state index contributed by atoms with van der Waals surface area (Å²) < 4.78 is 78.3. The first-order valence-electron chi connectivity index (χ1n) is 8.53. The zero-order chi connectivity index (χ0) is 23.0. The third-order valence-electron chi connectivity index (χ3n) is 4.02. The van der Waals surface area contributed by atoms with Crippen LogP contribution in [-0.2, 0) is 9.84 Å². The van der Waals surface area contributed by atoms with E-state index in [0.29, 0.717) is 5.56 Å². The topological polar surface area (TPSA) is 97.0 Å². The van der Waals surface area contributed by atoms with Gasteiger partial charge < -0.3 is 15.0 Å². The average Bonchev–Trinajstić information content (AvgIpc) is 3.04. The molecule has 0 spiro atoms. The summed E-state index contributed by atoms with van der Waals surface area (Å²) in [6.07, 6.45) is -3.00. The number of pyridine rings is 1. The number of nitrogens with zero attached hydrogens (tertiary/aromatic N) is 2. The molecule has 166 valence electrons. The zero-order valence-corrected chi connectivity index (χ0v) is 17.5. The van der Waals surface area contributed by atoms with Gasteiger partial charge in [-0.05, 0) is 36.8 Å². The van der Waals surface area contributed by atoms with Gasteiger partial charge in [-0.2, -0.15) is 0 Å². The first-order chi connectivity index (χ1) is 14.3. The molecule has 2 aromatic heterocycles. The van der Waals surface area contributed by atoms with Crippen molar-refractivity contribution in [1.82, 2.24) is 15.0 Å². The van der Waals surface area contributed by atoms with Crippen LogP contribution in [0.2, 0.25) is 5.02 Å². The van der Waals surface area contributed by atoms with Crippen molar-refractivity contribution >= 4 is 27.3 Å². The summed E-state index contributed by atoms with van der Waals surface area (Å²) in [6, 6.07) is 5.23. The van der Waals surface area contributed by atoms with Gasteiger partial charge in [-0.3, -0.25) is 0 Å². The van der Waals surface area contributed by atoms with Crippen LogP contribution in [0.25, 0.3) is 0 Å². The second-order valence-electron chi connectivity index (χ2n) is 6.50. The highest BCUT2D eigenvalue weighted by Crippen LogP contribution is 2.30. The van der Waals surface area contributed by atoms with Crippen molar-refractivity contribution in [3.05, 3.63) is 64.5 Å². The third-order valence-corrected chi connectivity index (χ3v) is 5.41. The van der Waals surface area contributed by atoms with Gasteiger partial charge in [0.2, 0.25) is 0 Å². The molecule has 2 N–H and O–H groups in total. The van der Waals surface area contributed by atoms with E-state index in [9.17, 15) is 26.0 Å². The third kappa shape index (κ3) is 5.64. The number of imidazole rings is 1. The van der Waals surface area contributed by atoms with E-state index in [2.05, 4.69) is 25.0 Å². The maximum Gasteiger partial charge on any atom is 0.573 e. The normalized spacial score (nSPS) is 13.1. The van der Waals surface area contributed by atoms with Gasteiger partial charge in [0.05, 0.1) is 16.9 Å². The molecule has 0 fully saturated rings. The number of sulfone groups is 1. The predicted octanol–water partition coefficient (Wildman–Crippen LogP) is 4.41. The van der Waals surface area contributed by atoms with Crippen molar-refractivity contribution < 1.29 is 30.7 Å². The molecular formula is C18H15ClF4N4O3S.